The summed E-state index contributed by atoms with van der Waals surface area (Å²) in [5.74, 6) is 0.113. The van der Waals surface area contributed by atoms with Crippen LogP contribution >= 0.6 is 23.5 Å². The molecule has 0 radical (unpaired) electrons. The first-order valence-corrected chi connectivity index (χ1v) is 12.0. The summed E-state index contributed by atoms with van der Waals surface area (Å²) >= 11 is 2.93. The van der Waals surface area contributed by atoms with Gasteiger partial charge >= 0.3 is 5.97 Å². The molecule has 0 aliphatic heterocycles. The van der Waals surface area contributed by atoms with Gasteiger partial charge in [0.15, 0.2) is 12.2 Å². The first-order valence-electron chi connectivity index (χ1n) is 10.1. The van der Waals surface area contributed by atoms with Gasteiger partial charge in [-0.3, -0.25) is 9.59 Å². The van der Waals surface area contributed by atoms with Crippen LogP contribution in [-0.2, 0) is 14.3 Å². The van der Waals surface area contributed by atoms with Crippen molar-refractivity contribution in [3.8, 4) is 0 Å². The third-order valence-electron chi connectivity index (χ3n) is 4.47. The van der Waals surface area contributed by atoms with Gasteiger partial charge in [0.2, 0.25) is 0 Å². The number of amides is 1. The van der Waals surface area contributed by atoms with Crippen LogP contribution in [0.5, 0.6) is 0 Å². The maximum absolute atomic E-state index is 12.1. The molecule has 0 unspecified atom stereocenters. The zero-order valence-electron chi connectivity index (χ0n) is 17.2. The Labute approximate surface area is 193 Å². The number of ether oxygens (including phenoxy) is 1. The van der Waals surface area contributed by atoms with Gasteiger partial charge in [-0.05, 0) is 36.4 Å². The van der Waals surface area contributed by atoms with Crippen molar-refractivity contribution in [1.82, 2.24) is 15.3 Å². The maximum atomic E-state index is 12.1. The molecule has 0 aliphatic carbocycles. The molecule has 0 aliphatic rings. The number of esters is 1. The number of para-hydroxylation sites is 1. The quantitative estimate of drug-likeness (QED) is 0.160. The summed E-state index contributed by atoms with van der Waals surface area (Å²) in [5.41, 5.74) is 1.96. The number of nitrogens with zero attached hydrogens (tertiary/aromatic N) is 2. The van der Waals surface area contributed by atoms with Crippen molar-refractivity contribution in [2.45, 2.75) is 16.3 Å². The molecule has 0 saturated carbocycles. The molecule has 9 heteroatoms. The van der Waals surface area contributed by atoms with Gasteiger partial charge in [0, 0.05) is 16.8 Å². The summed E-state index contributed by atoms with van der Waals surface area (Å²) in [4.78, 5) is 33.7. The van der Waals surface area contributed by atoms with E-state index in [1.54, 1.807) is 11.8 Å². The standard InChI is InChI=1S/C23H21N3O4S2/c27-19(24-11-6-12-31-16-7-2-1-3-8-16)13-29-20(28)14-32-23-22-21(25-15-26-23)17-9-4-5-10-18(17)30-22/h1-5,7-10,15H,6,11-14H2,(H,24,27). The van der Waals surface area contributed by atoms with E-state index in [9.17, 15) is 9.59 Å². The summed E-state index contributed by atoms with van der Waals surface area (Å²) in [7, 11) is 0. The molecule has 2 aromatic carbocycles. The minimum Gasteiger partial charge on any atom is -0.455 e. The predicted octanol–water partition coefficient (Wildman–Crippen LogP) is 4.31. The number of benzene rings is 2. The lowest BCUT2D eigenvalue weighted by atomic mass is 10.2. The zero-order chi connectivity index (χ0) is 22.2. The van der Waals surface area contributed by atoms with Crippen LogP contribution in [0.4, 0.5) is 0 Å². The van der Waals surface area contributed by atoms with Crippen molar-refractivity contribution in [3.63, 3.8) is 0 Å². The SMILES string of the molecule is O=C(COC(=O)CSc1ncnc2c1oc1ccccc12)NCCCSc1ccccc1. The highest BCUT2D eigenvalue weighted by Crippen LogP contribution is 2.32. The van der Waals surface area contributed by atoms with Gasteiger partial charge in [0.05, 0.1) is 5.75 Å². The lowest BCUT2D eigenvalue weighted by molar-refractivity contribution is -0.145. The van der Waals surface area contributed by atoms with Crippen LogP contribution in [-0.4, -0.2) is 46.5 Å². The Hall–Kier alpha value is -3.04. The molecule has 0 saturated heterocycles. The predicted molar refractivity (Wildman–Crippen MR) is 126 cm³/mol. The van der Waals surface area contributed by atoms with Crippen LogP contribution in [0, 0.1) is 0 Å². The van der Waals surface area contributed by atoms with Gasteiger partial charge in [0.25, 0.3) is 5.91 Å². The lowest BCUT2D eigenvalue weighted by Gasteiger charge is -2.06. The van der Waals surface area contributed by atoms with Crippen molar-refractivity contribution in [2.24, 2.45) is 0 Å². The molecule has 0 spiro atoms. The average Bonchev–Trinajstić information content (AvgIpc) is 3.21. The fourth-order valence-corrected chi connectivity index (χ4v) is 4.58. The highest BCUT2D eigenvalue weighted by molar-refractivity contribution is 8.00. The molecule has 2 aromatic heterocycles. The molecule has 4 rings (SSSR count). The van der Waals surface area contributed by atoms with Gasteiger partial charge in [-0.25, -0.2) is 9.97 Å². The van der Waals surface area contributed by atoms with E-state index < -0.39 is 5.97 Å². The first-order chi connectivity index (χ1) is 15.7. The van der Waals surface area contributed by atoms with Crippen molar-refractivity contribution in [1.29, 1.82) is 0 Å². The second-order valence-corrected chi connectivity index (χ2v) is 8.90. The number of carbonyl (C=O) groups is 2. The Morgan fingerprint density at radius 3 is 2.69 bits per heavy atom. The monoisotopic (exact) mass is 467 g/mol. The highest BCUT2D eigenvalue weighted by atomic mass is 32.2. The molecule has 1 N–H and O–H groups in total. The van der Waals surface area contributed by atoms with E-state index in [0.717, 1.165) is 17.6 Å². The van der Waals surface area contributed by atoms with E-state index >= 15 is 0 Å². The molecule has 32 heavy (non-hydrogen) atoms. The number of hydrogen-bond donors (Lipinski definition) is 1. The number of rotatable bonds is 10. The van der Waals surface area contributed by atoms with E-state index in [0.29, 0.717) is 28.3 Å². The topological polar surface area (TPSA) is 94.3 Å². The molecule has 0 bridgehead atoms. The summed E-state index contributed by atoms with van der Waals surface area (Å²) in [6.07, 6.45) is 2.28. The van der Waals surface area contributed by atoms with E-state index in [-0.39, 0.29) is 18.3 Å². The Kier molecular flexibility index (Phi) is 7.63. The van der Waals surface area contributed by atoms with Crippen LogP contribution in [0.2, 0.25) is 0 Å². The summed E-state index contributed by atoms with van der Waals surface area (Å²) in [6.45, 7) is 0.241. The maximum Gasteiger partial charge on any atom is 0.316 e. The van der Waals surface area contributed by atoms with Crippen molar-refractivity contribution in [3.05, 3.63) is 60.9 Å². The smallest absolute Gasteiger partial charge is 0.316 e. The minimum atomic E-state index is -0.493. The number of carbonyl (C=O) groups excluding carboxylic acids is 2. The van der Waals surface area contributed by atoms with Crippen molar-refractivity contribution in [2.75, 3.05) is 24.7 Å². The van der Waals surface area contributed by atoms with Gasteiger partial charge in [-0.2, -0.15) is 0 Å². The summed E-state index contributed by atoms with van der Waals surface area (Å²) in [5, 5.41) is 4.22. The fraction of sp³-hybridized carbons (Fsp3) is 0.217. The van der Waals surface area contributed by atoms with Gasteiger partial charge in [0.1, 0.15) is 22.5 Å². The summed E-state index contributed by atoms with van der Waals surface area (Å²) < 4.78 is 10.9. The molecular weight excluding hydrogens is 446 g/mol. The Morgan fingerprint density at radius 2 is 1.81 bits per heavy atom. The summed E-state index contributed by atoms with van der Waals surface area (Å²) in [6, 6.07) is 17.7. The Bertz CT molecular complexity index is 1210. The van der Waals surface area contributed by atoms with E-state index in [1.807, 2.05) is 42.5 Å². The molecule has 0 fully saturated rings. The molecular formula is C23H21N3O4S2. The fourth-order valence-electron chi connectivity index (χ4n) is 2.98. The van der Waals surface area contributed by atoms with Crippen LogP contribution in [0.3, 0.4) is 0 Å². The molecule has 1 amide bonds. The average molecular weight is 468 g/mol. The second kappa shape index (κ2) is 11.0. The van der Waals surface area contributed by atoms with Crippen molar-refractivity contribution < 1.29 is 18.7 Å². The molecule has 7 nitrogen and oxygen atoms in total. The van der Waals surface area contributed by atoms with Crippen molar-refractivity contribution >= 4 is 57.5 Å². The minimum absolute atomic E-state index is 0.0180. The number of furan rings is 1. The third-order valence-corrected chi connectivity index (χ3v) is 6.51. The van der Waals surface area contributed by atoms with Gasteiger partial charge < -0.3 is 14.5 Å². The Balaban J connectivity index is 1.17. The molecule has 2 heterocycles. The largest absolute Gasteiger partial charge is 0.455 e. The molecule has 164 valence electrons. The molecule has 4 aromatic rings. The number of aromatic nitrogens is 2. The first kappa shape index (κ1) is 22.2. The van der Waals surface area contributed by atoms with E-state index in [2.05, 4.69) is 27.4 Å². The lowest BCUT2D eigenvalue weighted by Crippen LogP contribution is -2.30. The number of nitrogens with one attached hydrogen (secondary N) is 1. The van der Waals surface area contributed by atoms with Crippen LogP contribution in [0.25, 0.3) is 22.1 Å². The van der Waals surface area contributed by atoms with Gasteiger partial charge in [-0.1, -0.05) is 42.1 Å². The van der Waals surface area contributed by atoms with E-state index in [1.165, 1.54) is 23.0 Å². The second-order valence-electron chi connectivity index (χ2n) is 6.77. The number of hydrogen-bond acceptors (Lipinski definition) is 8. The van der Waals surface area contributed by atoms with E-state index in [4.69, 9.17) is 9.15 Å². The van der Waals surface area contributed by atoms with Crippen LogP contribution < -0.4 is 5.32 Å². The zero-order valence-corrected chi connectivity index (χ0v) is 18.8. The van der Waals surface area contributed by atoms with Gasteiger partial charge in [-0.15, -0.1) is 11.8 Å². The Morgan fingerprint density at radius 1 is 1.00 bits per heavy atom. The third kappa shape index (κ3) is 5.80. The van der Waals surface area contributed by atoms with Crippen LogP contribution in [0.15, 0.2) is 75.3 Å². The molecule has 0 atom stereocenters. The highest BCUT2D eigenvalue weighted by Gasteiger charge is 2.15. The van der Waals surface area contributed by atoms with Crippen LogP contribution in [0.1, 0.15) is 6.42 Å². The number of thioether (sulfide) groups is 2. The number of fused-ring (bicyclic) bond motifs is 3. The normalized spacial score (nSPS) is 11.0.